The van der Waals surface area contributed by atoms with Gasteiger partial charge in [0.25, 0.3) is 5.91 Å². The molecule has 0 saturated heterocycles. The number of nitrogens with one attached hydrogen (secondary N) is 4. The summed E-state index contributed by atoms with van der Waals surface area (Å²) in [5.41, 5.74) is 2.02. The minimum absolute atomic E-state index is 0.0838. The highest BCUT2D eigenvalue weighted by molar-refractivity contribution is 5.95. The fourth-order valence-corrected chi connectivity index (χ4v) is 6.22. The van der Waals surface area contributed by atoms with Crippen molar-refractivity contribution in [3.63, 3.8) is 0 Å². The molecule has 2 atom stereocenters. The maximum Gasteiger partial charge on any atom is 0.251 e. The number of benzene rings is 3. The molecule has 3 aromatic carbocycles. The normalized spacial score (nSPS) is 19.6. The van der Waals surface area contributed by atoms with E-state index >= 15 is 0 Å². The number of ether oxygens (including phenoxy) is 3. The summed E-state index contributed by atoms with van der Waals surface area (Å²) in [5, 5.41) is 11.4. The third-order valence-corrected chi connectivity index (χ3v) is 9.57. The zero-order valence-corrected chi connectivity index (χ0v) is 30.6. The predicted octanol–water partition coefficient (Wildman–Crippen LogP) is 3.89. The minimum atomic E-state index is -0.951. The highest BCUT2D eigenvalue weighted by Crippen LogP contribution is 2.35. The molecule has 0 aromatic heterocycles. The third kappa shape index (κ3) is 10.7. The van der Waals surface area contributed by atoms with E-state index in [-0.39, 0.29) is 37.2 Å². The first-order valence-corrected chi connectivity index (χ1v) is 18.2. The lowest BCUT2D eigenvalue weighted by Crippen LogP contribution is -2.54. The summed E-state index contributed by atoms with van der Waals surface area (Å²) in [6, 6.07) is 17.7. The van der Waals surface area contributed by atoms with Crippen molar-refractivity contribution in [3.8, 4) is 23.0 Å². The Morgan fingerprint density at radius 1 is 0.849 bits per heavy atom. The molecular formula is C40H49N5O8. The van der Waals surface area contributed by atoms with Gasteiger partial charge in [0, 0.05) is 42.7 Å². The number of nitrogens with zero attached hydrogens (tertiary/aromatic N) is 1. The fraction of sp³-hybridized carbons (Fsp3) is 0.425. The molecule has 1 fully saturated rings. The summed E-state index contributed by atoms with van der Waals surface area (Å²) in [6.07, 6.45) is 4.42. The monoisotopic (exact) mass is 727 g/mol. The second-order valence-electron chi connectivity index (χ2n) is 13.4. The summed E-state index contributed by atoms with van der Waals surface area (Å²) in [6.45, 7) is 2.13. The van der Waals surface area contributed by atoms with Crippen LogP contribution < -0.4 is 35.5 Å². The third-order valence-electron chi connectivity index (χ3n) is 9.57. The van der Waals surface area contributed by atoms with E-state index in [1.807, 2.05) is 30.3 Å². The molecule has 1 aliphatic carbocycles. The number of fused-ring (bicyclic) bond motifs is 18. The molecule has 4 N–H and O–H groups in total. The fourth-order valence-electron chi connectivity index (χ4n) is 6.22. The summed E-state index contributed by atoms with van der Waals surface area (Å²) >= 11 is 0. The second-order valence-corrected chi connectivity index (χ2v) is 13.4. The van der Waals surface area contributed by atoms with Crippen LogP contribution in [0.15, 0.2) is 66.7 Å². The number of carbonyl (C=O) groups is 5. The SMILES string of the molecule is COc1cc2ccc1CNC(=O)[C@H](C)NC(=O)[C@H](CCc1ccccc1)NC(=O)CN(C(=O)C1CCC1)CCCCNC(=O)c1ccc(OC)c(c1)O2. The number of carbonyl (C=O) groups excluding carboxylic acids is 5. The first-order chi connectivity index (χ1) is 25.6. The van der Waals surface area contributed by atoms with E-state index < -0.39 is 29.8 Å². The van der Waals surface area contributed by atoms with Gasteiger partial charge in [-0.15, -0.1) is 0 Å². The molecule has 5 amide bonds. The number of amides is 5. The van der Waals surface area contributed by atoms with Crippen LogP contribution in [0.25, 0.3) is 0 Å². The largest absolute Gasteiger partial charge is 0.496 e. The van der Waals surface area contributed by atoms with Gasteiger partial charge in [0.15, 0.2) is 11.5 Å². The minimum Gasteiger partial charge on any atom is -0.496 e. The van der Waals surface area contributed by atoms with Gasteiger partial charge in [0.2, 0.25) is 23.6 Å². The lowest BCUT2D eigenvalue weighted by molar-refractivity contribution is -0.142. The number of hydrogen-bond donors (Lipinski definition) is 4. The van der Waals surface area contributed by atoms with Gasteiger partial charge in [-0.3, -0.25) is 24.0 Å². The standard InChI is InChI=1S/C40H49N5O8/c1-26-37(47)42-24-30-15-17-31(23-34(30)52-3)53-35-22-29(16-19-33(35)51-2)38(48)41-20-7-8-21-45(40(50)28-12-9-13-28)25-36(46)44-32(39(49)43-26)18-14-27-10-5-4-6-11-27/h4-6,10-11,15-17,19,22-23,26,28,32H,7-9,12-14,18,20-21,24-25H2,1-3H3,(H,41,48)(H,42,47)(H,43,49)(H,44,46)/t26-,32-/m0/s1. The van der Waals surface area contributed by atoms with Crippen LogP contribution in [0.5, 0.6) is 23.0 Å². The number of aryl methyl sites for hydroxylation is 1. The van der Waals surface area contributed by atoms with Gasteiger partial charge in [-0.25, -0.2) is 0 Å². The topological polar surface area (TPSA) is 164 Å². The average Bonchev–Trinajstić information content (AvgIpc) is 3.14. The zero-order valence-electron chi connectivity index (χ0n) is 30.6. The van der Waals surface area contributed by atoms with Crippen LogP contribution in [0.1, 0.15) is 66.9 Å². The molecule has 4 bridgehead atoms. The van der Waals surface area contributed by atoms with E-state index in [1.165, 1.54) is 14.2 Å². The molecule has 2 aliphatic heterocycles. The molecule has 0 unspecified atom stereocenters. The molecule has 282 valence electrons. The Morgan fingerprint density at radius 3 is 2.34 bits per heavy atom. The van der Waals surface area contributed by atoms with Crippen LogP contribution in [0.4, 0.5) is 0 Å². The maximum absolute atomic E-state index is 13.6. The summed E-state index contributed by atoms with van der Waals surface area (Å²) < 4.78 is 17.2. The molecule has 2 heterocycles. The summed E-state index contributed by atoms with van der Waals surface area (Å²) in [5.74, 6) is -0.299. The molecule has 6 rings (SSSR count). The quantitative estimate of drug-likeness (QED) is 0.278. The lowest BCUT2D eigenvalue weighted by atomic mass is 9.84. The van der Waals surface area contributed by atoms with Crippen LogP contribution in [-0.4, -0.2) is 80.4 Å². The average molecular weight is 728 g/mol. The van der Waals surface area contributed by atoms with E-state index in [1.54, 1.807) is 48.2 Å². The first-order valence-electron chi connectivity index (χ1n) is 18.2. The molecule has 13 nitrogen and oxygen atoms in total. The summed E-state index contributed by atoms with van der Waals surface area (Å²) in [4.78, 5) is 68.4. The van der Waals surface area contributed by atoms with E-state index in [0.717, 1.165) is 24.8 Å². The van der Waals surface area contributed by atoms with Crippen LogP contribution in [0.3, 0.4) is 0 Å². The Kier molecular flexibility index (Phi) is 13.7. The van der Waals surface area contributed by atoms with Gasteiger partial charge >= 0.3 is 0 Å². The molecular weight excluding hydrogens is 678 g/mol. The Bertz CT molecular complexity index is 1760. The highest BCUT2D eigenvalue weighted by Gasteiger charge is 2.31. The first kappa shape index (κ1) is 38.6. The van der Waals surface area contributed by atoms with Crippen LogP contribution in [0, 0.1) is 5.92 Å². The Hall–Kier alpha value is -5.59. The van der Waals surface area contributed by atoms with E-state index in [0.29, 0.717) is 66.5 Å². The van der Waals surface area contributed by atoms with Gasteiger partial charge in [0.1, 0.15) is 23.6 Å². The Morgan fingerprint density at radius 2 is 1.62 bits per heavy atom. The van der Waals surface area contributed by atoms with Gasteiger partial charge in [-0.1, -0.05) is 36.8 Å². The molecule has 0 radical (unpaired) electrons. The van der Waals surface area contributed by atoms with Gasteiger partial charge in [-0.2, -0.15) is 0 Å². The van der Waals surface area contributed by atoms with Crippen molar-refractivity contribution >= 4 is 29.5 Å². The highest BCUT2D eigenvalue weighted by atomic mass is 16.5. The van der Waals surface area contributed by atoms with Gasteiger partial charge < -0.3 is 40.4 Å². The second kappa shape index (κ2) is 18.8. The Labute approximate surface area is 310 Å². The van der Waals surface area contributed by atoms with Crippen LogP contribution >= 0.6 is 0 Å². The lowest BCUT2D eigenvalue weighted by Gasteiger charge is -2.32. The zero-order chi connectivity index (χ0) is 37.7. The molecule has 3 aliphatic rings. The van der Waals surface area contributed by atoms with Crippen LogP contribution in [0.2, 0.25) is 0 Å². The Balaban J connectivity index is 1.38. The maximum atomic E-state index is 13.6. The van der Waals surface area contributed by atoms with Crippen molar-refractivity contribution in [2.45, 2.75) is 70.5 Å². The van der Waals surface area contributed by atoms with Crippen molar-refractivity contribution < 1.29 is 38.2 Å². The van der Waals surface area contributed by atoms with Crippen molar-refractivity contribution in [2.75, 3.05) is 33.9 Å². The van der Waals surface area contributed by atoms with Crippen molar-refractivity contribution in [3.05, 3.63) is 83.4 Å². The van der Waals surface area contributed by atoms with E-state index in [2.05, 4.69) is 21.3 Å². The number of hydrogen-bond acceptors (Lipinski definition) is 8. The van der Waals surface area contributed by atoms with Crippen molar-refractivity contribution in [1.29, 1.82) is 0 Å². The molecule has 53 heavy (non-hydrogen) atoms. The summed E-state index contributed by atoms with van der Waals surface area (Å²) in [7, 11) is 3.01. The van der Waals surface area contributed by atoms with Crippen molar-refractivity contribution in [2.24, 2.45) is 5.92 Å². The van der Waals surface area contributed by atoms with Gasteiger partial charge in [0.05, 0.1) is 20.8 Å². The number of methoxy groups -OCH3 is 2. The van der Waals surface area contributed by atoms with E-state index in [9.17, 15) is 24.0 Å². The number of rotatable bonds is 6. The van der Waals surface area contributed by atoms with Gasteiger partial charge in [-0.05, 0) is 81.3 Å². The molecule has 1 saturated carbocycles. The molecule has 13 heteroatoms. The molecule has 0 spiro atoms. The van der Waals surface area contributed by atoms with Crippen LogP contribution in [-0.2, 0) is 32.1 Å². The van der Waals surface area contributed by atoms with Crippen molar-refractivity contribution in [1.82, 2.24) is 26.2 Å². The molecule has 3 aromatic rings. The predicted molar refractivity (Wildman–Crippen MR) is 198 cm³/mol. The van der Waals surface area contributed by atoms with E-state index in [4.69, 9.17) is 14.2 Å². The smallest absolute Gasteiger partial charge is 0.251 e.